The molecule has 0 fully saturated rings. The quantitative estimate of drug-likeness (QED) is 0.490. The zero-order valence-electron chi connectivity index (χ0n) is 10.4. The molecule has 0 atom stereocenters. The molecule has 1 aromatic rings. The van der Waals surface area contributed by atoms with Crippen molar-refractivity contribution in [3.8, 4) is 0 Å². The lowest BCUT2D eigenvalue weighted by molar-refractivity contribution is -0.121. The van der Waals surface area contributed by atoms with E-state index in [0.29, 0.717) is 0 Å². The van der Waals surface area contributed by atoms with Crippen molar-refractivity contribution in [3.63, 3.8) is 0 Å². The monoisotopic (exact) mass is 231 g/mol. The van der Waals surface area contributed by atoms with Gasteiger partial charge in [-0.2, -0.15) is 0 Å². The lowest BCUT2D eigenvalue weighted by atomic mass is 10.1. The van der Waals surface area contributed by atoms with E-state index in [1.807, 2.05) is 44.2 Å². The first kappa shape index (κ1) is 13.2. The van der Waals surface area contributed by atoms with Gasteiger partial charge in [-0.05, 0) is 32.4 Å². The fourth-order valence-electron chi connectivity index (χ4n) is 1.38. The Morgan fingerprint density at radius 1 is 1.18 bits per heavy atom. The van der Waals surface area contributed by atoms with E-state index in [1.54, 1.807) is 6.08 Å². The Hall–Kier alpha value is -1.90. The van der Waals surface area contributed by atoms with Gasteiger partial charge in [0.15, 0.2) is 5.78 Å². The standard InChI is InChI=1S/C14H17NO2/c1-10(2)15-14(17)13(11(3)16)9-12-7-5-4-6-8-12/h4-10H,1-3H3,(H,15,17)/b13-9-. The van der Waals surface area contributed by atoms with E-state index in [1.165, 1.54) is 6.92 Å². The third kappa shape index (κ3) is 4.23. The molecular weight excluding hydrogens is 214 g/mol. The number of hydrogen-bond donors (Lipinski definition) is 1. The number of ketones is 1. The molecule has 0 aliphatic carbocycles. The Bertz CT molecular complexity index is 433. The molecule has 1 amide bonds. The molecule has 1 rings (SSSR count). The summed E-state index contributed by atoms with van der Waals surface area (Å²) in [7, 11) is 0. The van der Waals surface area contributed by atoms with Gasteiger partial charge in [0.25, 0.3) is 5.91 Å². The number of carbonyl (C=O) groups excluding carboxylic acids is 2. The van der Waals surface area contributed by atoms with Gasteiger partial charge >= 0.3 is 0 Å². The predicted molar refractivity (Wildman–Crippen MR) is 68.4 cm³/mol. The molecule has 0 unspecified atom stereocenters. The Morgan fingerprint density at radius 3 is 2.24 bits per heavy atom. The van der Waals surface area contributed by atoms with Crippen LogP contribution in [0.25, 0.3) is 6.08 Å². The number of carbonyl (C=O) groups is 2. The SMILES string of the molecule is CC(=O)/C(=C/c1ccccc1)C(=O)NC(C)C. The van der Waals surface area contributed by atoms with Gasteiger partial charge in [-0.15, -0.1) is 0 Å². The van der Waals surface area contributed by atoms with Gasteiger partial charge in [0, 0.05) is 6.04 Å². The Balaban J connectivity index is 2.98. The first-order chi connectivity index (χ1) is 8.00. The van der Waals surface area contributed by atoms with Crippen LogP contribution in [-0.2, 0) is 9.59 Å². The number of rotatable bonds is 4. The molecule has 1 N–H and O–H groups in total. The molecule has 0 aromatic heterocycles. The third-order valence-corrected chi connectivity index (χ3v) is 2.15. The van der Waals surface area contributed by atoms with Gasteiger partial charge < -0.3 is 5.32 Å². The summed E-state index contributed by atoms with van der Waals surface area (Å²) in [4.78, 5) is 23.2. The Morgan fingerprint density at radius 2 is 1.76 bits per heavy atom. The molecule has 0 bridgehead atoms. The molecule has 17 heavy (non-hydrogen) atoms. The number of nitrogens with one attached hydrogen (secondary N) is 1. The molecule has 1 aromatic carbocycles. The van der Waals surface area contributed by atoms with Gasteiger partial charge in [-0.3, -0.25) is 9.59 Å². The van der Waals surface area contributed by atoms with E-state index in [4.69, 9.17) is 0 Å². The van der Waals surface area contributed by atoms with Crippen molar-refractivity contribution in [1.82, 2.24) is 5.32 Å². The van der Waals surface area contributed by atoms with E-state index in [2.05, 4.69) is 5.32 Å². The minimum Gasteiger partial charge on any atom is -0.350 e. The van der Waals surface area contributed by atoms with E-state index < -0.39 is 0 Å². The van der Waals surface area contributed by atoms with Crippen LogP contribution < -0.4 is 5.32 Å². The maximum absolute atomic E-state index is 11.8. The summed E-state index contributed by atoms with van der Waals surface area (Å²) >= 11 is 0. The fraction of sp³-hybridized carbons (Fsp3) is 0.286. The van der Waals surface area contributed by atoms with Crippen LogP contribution in [0.3, 0.4) is 0 Å². The summed E-state index contributed by atoms with van der Waals surface area (Å²) < 4.78 is 0. The number of benzene rings is 1. The van der Waals surface area contributed by atoms with Crippen LogP contribution in [0.4, 0.5) is 0 Å². The third-order valence-electron chi connectivity index (χ3n) is 2.15. The fourth-order valence-corrected chi connectivity index (χ4v) is 1.38. The van der Waals surface area contributed by atoms with Crippen molar-refractivity contribution in [3.05, 3.63) is 41.5 Å². The normalized spacial score (nSPS) is 11.4. The van der Waals surface area contributed by atoms with Crippen molar-refractivity contribution in [2.24, 2.45) is 0 Å². The van der Waals surface area contributed by atoms with Crippen LogP contribution in [0.1, 0.15) is 26.3 Å². The summed E-state index contributed by atoms with van der Waals surface area (Å²) in [5.74, 6) is -0.552. The summed E-state index contributed by atoms with van der Waals surface area (Å²) in [5.41, 5.74) is 1.03. The minimum atomic E-state index is -0.323. The summed E-state index contributed by atoms with van der Waals surface area (Å²) in [6, 6.07) is 9.34. The van der Waals surface area contributed by atoms with Crippen LogP contribution in [0.15, 0.2) is 35.9 Å². The van der Waals surface area contributed by atoms with Crippen LogP contribution in [0.5, 0.6) is 0 Å². The van der Waals surface area contributed by atoms with Gasteiger partial charge in [-0.1, -0.05) is 30.3 Å². The smallest absolute Gasteiger partial charge is 0.255 e. The highest BCUT2D eigenvalue weighted by molar-refractivity contribution is 6.21. The second kappa shape index (κ2) is 5.99. The van der Waals surface area contributed by atoms with Gasteiger partial charge in [-0.25, -0.2) is 0 Å². The molecule has 0 aliphatic rings. The minimum absolute atomic E-state index is 0.0148. The molecule has 0 saturated carbocycles. The van der Waals surface area contributed by atoms with E-state index in [-0.39, 0.29) is 23.3 Å². The van der Waals surface area contributed by atoms with Crippen molar-refractivity contribution in [2.45, 2.75) is 26.8 Å². The maximum Gasteiger partial charge on any atom is 0.255 e. The van der Waals surface area contributed by atoms with Crippen molar-refractivity contribution >= 4 is 17.8 Å². The zero-order valence-corrected chi connectivity index (χ0v) is 10.4. The summed E-state index contributed by atoms with van der Waals surface area (Å²) in [6.45, 7) is 5.12. The average Bonchev–Trinajstić information content (AvgIpc) is 2.25. The Kier molecular flexibility index (Phi) is 4.64. The Labute approximate surface area is 102 Å². The lowest BCUT2D eigenvalue weighted by Crippen LogP contribution is -2.33. The van der Waals surface area contributed by atoms with Gasteiger partial charge in [0.1, 0.15) is 0 Å². The summed E-state index contributed by atoms with van der Waals surface area (Å²) in [6.07, 6.45) is 1.61. The van der Waals surface area contributed by atoms with Crippen molar-refractivity contribution < 1.29 is 9.59 Å². The molecule has 0 saturated heterocycles. The molecule has 0 spiro atoms. The van der Waals surface area contributed by atoms with Gasteiger partial charge in [0.2, 0.25) is 0 Å². The first-order valence-electron chi connectivity index (χ1n) is 5.59. The average molecular weight is 231 g/mol. The topological polar surface area (TPSA) is 46.2 Å². The van der Waals surface area contributed by atoms with Crippen LogP contribution in [0, 0.1) is 0 Å². The zero-order chi connectivity index (χ0) is 12.8. The second-order valence-electron chi connectivity index (χ2n) is 4.15. The van der Waals surface area contributed by atoms with Crippen molar-refractivity contribution in [2.75, 3.05) is 0 Å². The number of hydrogen-bond acceptors (Lipinski definition) is 2. The maximum atomic E-state index is 11.8. The predicted octanol–water partition coefficient (Wildman–Crippen LogP) is 2.18. The molecular formula is C14H17NO2. The highest BCUT2D eigenvalue weighted by atomic mass is 16.2. The van der Waals surface area contributed by atoms with Crippen LogP contribution in [-0.4, -0.2) is 17.7 Å². The van der Waals surface area contributed by atoms with E-state index >= 15 is 0 Å². The van der Waals surface area contributed by atoms with Crippen LogP contribution >= 0.6 is 0 Å². The number of amides is 1. The highest BCUT2D eigenvalue weighted by Crippen LogP contribution is 2.08. The van der Waals surface area contributed by atoms with Crippen LogP contribution in [0.2, 0.25) is 0 Å². The van der Waals surface area contributed by atoms with Gasteiger partial charge in [0.05, 0.1) is 5.57 Å². The van der Waals surface area contributed by atoms with Crippen molar-refractivity contribution in [1.29, 1.82) is 0 Å². The largest absolute Gasteiger partial charge is 0.350 e. The number of Topliss-reactive ketones (excluding diaryl/α,β-unsaturated/α-hetero) is 1. The highest BCUT2D eigenvalue weighted by Gasteiger charge is 2.14. The summed E-state index contributed by atoms with van der Waals surface area (Å²) in [5, 5.41) is 2.72. The molecule has 0 aliphatic heterocycles. The molecule has 3 heteroatoms. The molecule has 3 nitrogen and oxygen atoms in total. The molecule has 90 valence electrons. The lowest BCUT2D eigenvalue weighted by Gasteiger charge is -2.09. The molecule has 0 radical (unpaired) electrons. The molecule has 0 heterocycles. The second-order valence-corrected chi connectivity index (χ2v) is 4.15. The first-order valence-corrected chi connectivity index (χ1v) is 5.59. The van der Waals surface area contributed by atoms with E-state index in [0.717, 1.165) is 5.56 Å². The van der Waals surface area contributed by atoms with E-state index in [9.17, 15) is 9.59 Å².